The molecule has 2 atom stereocenters. The summed E-state index contributed by atoms with van der Waals surface area (Å²) in [6.07, 6.45) is 1.91. The lowest BCUT2D eigenvalue weighted by molar-refractivity contribution is 0.335. The third-order valence-electron chi connectivity index (χ3n) is 3.10. The summed E-state index contributed by atoms with van der Waals surface area (Å²) in [6.45, 7) is 0.869. The van der Waals surface area contributed by atoms with Crippen LogP contribution in [0.1, 0.15) is 24.4 Å². The SMILES string of the molecule is CNC1CCNC(c2cc(F)cc(F)c2)C1. The summed E-state index contributed by atoms with van der Waals surface area (Å²) < 4.78 is 26.2. The van der Waals surface area contributed by atoms with Crippen LogP contribution in [0.15, 0.2) is 18.2 Å². The Balaban J connectivity index is 2.16. The minimum absolute atomic E-state index is 0.0383. The highest BCUT2D eigenvalue weighted by atomic mass is 19.1. The van der Waals surface area contributed by atoms with Crippen molar-refractivity contribution in [3.05, 3.63) is 35.4 Å². The zero-order valence-corrected chi connectivity index (χ0v) is 9.26. The van der Waals surface area contributed by atoms with Gasteiger partial charge in [0.25, 0.3) is 0 Å². The van der Waals surface area contributed by atoms with Gasteiger partial charge in [0.1, 0.15) is 11.6 Å². The lowest BCUT2D eigenvalue weighted by atomic mass is 9.94. The number of rotatable bonds is 2. The van der Waals surface area contributed by atoms with Crippen LogP contribution >= 0.6 is 0 Å². The van der Waals surface area contributed by atoms with Gasteiger partial charge in [0.2, 0.25) is 0 Å². The average Bonchev–Trinajstić information content (AvgIpc) is 2.28. The van der Waals surface area contributed by atoms with Crippen LogP contribution in [0.25, 0.3) is 0 Å². The molecule has 1 aromatic rings. The van der Waals surface area contributed by atoms with E-state index in [0.717, 1.165) is 25.5 Å². The van der Waals surface area contributed by atoms with E-state index < -0.39 is 11.6 Å². The highest BCUT2D eigenvalue weighted by Gasteiger charge is 2.22. The maximum Gasteiger partial charge on any atom is 0.126 e. The number of hydrogen-bond acceptors (Lipinski definition) is 2. The summed E-state index contributed by atoms with van der Waals surface area (Å²) in [4.78, 5) is 0. The van der Waals surface area contributed by atoms with Gasteiger partial charge in [-0.2, -0.15) is 0 Å². The second kappa shape index (κ2) is 4.89. The van der Waals surface area contributed by atoms with Gasteiger partial charge in [-0.15, -0.1) is 0 Å². The zero-order valence-electron chi connectivity index (χ0n) is 9.26. The van der Waals surface area contributed by atoms with Crippen LogP contribution in [0.5, 0.6) is 0 Å². The molecule has 0 bridgehead atoms. The Bertz CT molecular complexity index is 348. The van der Waals surface area contributed by atoms with Crippen LogP contribution in [-0.2, 0) is 0 Å². The quantitative estimate of drug-likeness (QED) is 0.805. The maximum absolute atomic E-state index is 13.1. The van der Waals surface area contributed by atoms with Crippen LogP contribution in [0, 0.1) is 11.6 Å². The molecule has 2 rings (SSSR count). The van der Waals surface area contributed by atoms with E-state index in [0.29, 0.717) is 11.6 Å². The first-order valence-electron chi connectivity index (χ1n) is 5.55. The monoisotopic (exact) mass is 226 g/mol. The highest BCUT2D eigenvalue weighted by molar-refractivity contribution is 5.22. The van der Waals surface area contributed by atoms with Gasteiger partial charge in [-0.3, -0.25) is 0 Å². The van der Waals surface area contributed by atoms with E-state index in [2.05, 4.69) is 10.6 Å². The van der Waals surface area contributed by atoms with Gasteiger partial charge in [-0.25, -0.2) is 8.78 Å². The molecular weight excluding hydrogens is 210 g/mol. The molecule has 2 nitrogen and oxygen atoms in total. The minimum Gasteiger partial charge on any atom is -0.317 e. The number of halogens is 2. The lowest BCUT2D eigenvalue weighted by Crippen LogP contribution is -2.40. The molecule has 0 radical (unpaired) electrons. The summed E-state index contributed by atoms with van der Waals surface area (Å²) in [7, 11) is 1.92. The Hall–Kier alpha value is -1.00. The van der Waals surface area contributed by atoms with Crippen molar-refractivity contribution in [2.24, 2.45) is 0 Å². The number of hydrogen-bond donors (Lipinski definition) is 2. The minimum atomic E-state index is -0.511. The maximum atomic E-state index is 13.1. The molecule has 2 N–H and O–H groups in total. The Morgan fingerprint density at radius 1 is 1.25 bits per heavy atom. The topological polar surface area (TPSA) is 24.1 Å². The van der Waals surface area contributed by atoms with Crippen molar-refractivity contribution < 1.29 is 8.78 Å². The molecule has 0 aliphatic carbocycles. The van der Waals surface area contributed by atoms with Crippen LogP contribution in [-0.4, -0.2) is 19.6 Å². The largest absolute Gasteiger partial charge is 0.317 e. The highest BCUT2D eigenvalue weighted by Crippen LogP contribution is 2.24. The van der Waals surface area contributed by atoms with E-state index in [1.54, 1.807) is 0 Å². The second-order valence-corrected chi connectivity index (χ2v) is 4.22. The molecule has 1 fully saturated rings. The van der Waals surface area contributed by atoms with Crippen molar-refractivity contribution in [3.63, 3.8) is 0 Å². The fourth-order valence-electron chi connectivity index (χ4n) is 2.21. The van der Waals surface area contributed by atoms with Crippen LogP contribution < -0.4 is 10.6 Å². The van der Waals surface area contributed by atoms with E-state index in [1.165, 1.54) is 12.1 Å². The molecule has 1 aliphatic heterocycles. The Morgan fingerprint density at radius 3 is 2.56 bits per heavy atom. The molecule has 0 aromatic heterocycles. The van der Waals surface area contributed by atoms with Gasteiger partial charge in [0.05, 0.1) is 0 Å². The molecule has 1 heterocycles. The van der Waals surface area contributed by atoms with Crippen LogP contribution in [0.3, 0.4) is 0 Å². The van der Waals surface area contributed by atoms with E-state index in [-0.39, 0.29) is 6.04 Å². The van der Waals surface area contributed by atoms with E-state index in [1.807, 2.05) is 7.05 Å². The first-order valence-corrected chi connectivity index (χ1v) is 5.55. The van der Waals surface area contributed by atoms with Gasteiger partial charge in [-0.05, 0) is 44.1 Å². The summed E-state index contributed by atoms with van der Waals surface area (Å²) in [6, 6.07) is 4.16. The second-order valence-electron chi connectivity index (χ2n) is 4.22. The molecule has 0 amide bonds. The fraction of sp³-hybridized carbons (Fsp3) is 0.500. The van der Waals surface area contributed by atoms with Crippen LogP contribution in [0.4, 0.5) is 8.78 Å². The van der Waals surface area contributed by atoms with Gasteiger partial charge < -0.3 is 10.6 Å². The molecule has 1 aliphatic rings. The third kappa shape index (κ3) is 2.57. The standard InChI is InChI=1S/C12H16F2N2/c1-15-11-2-3-16-12(7-11)8-4-9(13)6-10(14)5-8/h4-6,11-12,15-16H,2-3,7H2,1H3. The molecule has 2 unspecified atom stereocenters. The average molecular weight is 226 g/mol. The Labute approximate surface area is 94.0 Å². The third-order valence-corrected chi connectivity index (χ3v) is 3.10. The first kappa shape index (κ1) is 11.5. The lowest BCUT2D eigenvalue weighted by Gasteiger charge is -2.30. The smallest absolute Gasteiger partial charge is 0.126 e. The van der Waals surface area contributed by atoms with Crippen molar-refractivity contribution in [3.8, 4) is 0 Å². The molecule has 16 heavy (non-hydrogen) atoms. The first-order chi connectivity index (χ1) is 7.69. The molecule has 88 valence electrons. The predicted octanol–water partition coefficient (Wildman–Crippen LogP) is 1.98. The number of piperidine rings is 1. The summed E-state index contributed by atoms with van der Waals surface area (Å²) >= 11 is 0. The van der Waals surface area contributed by atoms with E-state index in [4.69, 9.17) is 0 Å². The molecule has 0 spiro atoms. The number of nitrogens with one attached hydrogen (secondary N) is 2. The fourth-order valence-corrected chi connectivity index (χ4v) is 2.21. The summed E-state index contributed by atoms with van der Waals surface area (Å²) in [5.41, 5.74) is 0.692. The van der Waals surface area contributed by atoms with Crippen molar-refractivity contribution in [1.82, 2.24) is 10.6 Å². The Kier molecular flexibility index (Phi) is 3.51. The molecule has 1 saturated heterocycles. The molecular formula is C12H16F2N2. The van der Waals surface area contributed by atoms with Crippen molar-refractivity contribution in [2.75, 3.05) is 13.6 Å². The Morgan fingerprint density at radius 2 is 1.94 bits per heavy atom. The number of benzene rings is 1. The van der Waals surface area contributed by atoms with Crippen molar-refractivity contribution in [1.29, 1.82) is 0 Å². The van der Waals surface area contributed by atoms with E-state index >= 15 is 0 Å². The van der Waals surface area contributed by atoms with Gasteiger partial charge in [-0.1, -0.05) is 0 Å². The van der Waals surface area contributed by atoms with Crippen molar-refractivity contribution in [2.45, 2.75) is 24.9 Å². The van der Waals surface area contributed by atoms with Crippen molar-refractivity contribution >= 4 is 0 Å². The van der Waals surface area contributed by atoms with Gasteiger partial charge >= 0.3 is 0 Å². The normalized spacial score (nSPS) is 25.7. The summed E-state index contributed by atoms with van der Waals surface area (Å²) in [5.74, 6) is -1.02. The van der Waals surface area contributed by atoms with Gasteiger partial charge in [0.15, 0.2) is 0 Å². The molecule has 4 heteroatoms. The summed E-state index contributed by atoms with van der Waals surface area (Å²) in [5, 5.41) is 6.49. The van der Waals surface area contributed by atoms with Gasteiger partial charge in [0, 0.05) is 18.2 Å². The molecule has 0 saturated carbocycles. The predicted molar refractivity (Wildman–Crippen MR) is 59.2 cm³/mol. The molecule has 1 aromatic carbocycles. The zero-order chi connectivity index (χ0) is 11.5. The van der Waals surface area contributed by atoms with E-state index in [9.17, 15) is 8.78 Å². The van der Waals surface area contributed by atoms with Crippen LogP contribution in [0.2, 0.25) is 0 Å².